The summed E-state index contributed by atoms with van der Waals surface area (Å²) in [5.41, 5.74) is 9.48. The molecule has 2 aromatic heterocycles. The molecule has 1 unspecified atom stereocenters. The van der Waals surface area contributed by atoms with Gasteiger partial charge < -0.3 is 13.7 Å². The third kappa shape index (κ3) is 4.99. The molecule has 9 rings (SSSR count). The molecule has 1 atom stereocenters. The Labute approximate surface area is 271 Å². The minimum Gasteiger partial charge on any atom is -0.436 e. The Morgan fingerprint density at radius 2 is 1.15 bits per heavy atom. The van der Waals surface area contributed by atoms with Gasteiger partial charge in [-0.1, -0.05) is 91.0 Å². The van der Waals surface area contributed by atoms with Crippen LogP contribution in [0.3, 0.4) is 0 Å². The third-order valence-corrected chi connectivity index (χ3v) is 8.85. The lowest BCUT2D eigenvalue weighted by atomic mass is 9.88. The van der Waals surface area contributed by atoms with Gasteiger partial charge in [0.05, 0.1) is 0 Å². The molecular weight excluding hydrogens is 578 g/mol. The number of fused-ring (bicyclic) bond motifs is 3. The Bertz CT molecular complexity index is 2300. The topological polar surface area (TPSA) is 55.3 Å². The van der Waals surface area contributed by atoms with Crippen molar-refractivity contribution in [1.29, 1.82) is 0 Å². The molecule has 8 aromatic rings. The quantitative estimate of drug-likeness (QED) is 0.188. The zero-order valence-corrected chi connectivity index (χ0v) is 25.5. The van der Waals surface area contributed by atoms with Crippen LogP contribution in [0.4, 0.5) is 11.4 Å². The summed E-state index contributed by atoms with van der Waals surface area (Å²) >= 11 is 0. The number of aromatic nitrogens is 2. The second kappa shape index (κ2) is 11.3. The molecule has 224 valence electrons. The highest BCUT2D eigenvalue weighted by atomic mass is 16.4. The smallest absolute Gasteiger partial charge is 0.227 e. The fourth-order valence-corrected chi connectivity index (χ4v) is 6.57. The SMILES string of the molecule is C1=CC(c2cccc3ccccc23)CC=C1N(c1cccc(-c2nc3ccccc3o2)c1)c1cccc(-c2nc3ccccc3o2)c1. The highest BCUT2D eigenvalue weighted by Gasteiger charge is 2.21. The lowest BCUT2D eigenvalue weighted by Gasteiger charge is -2.29. The average Bonchev–Trinajstić information content (AvgIpc) is 3.77. The maximum Gasteiger partial charge on any atom is 0.227 e. The summed E-state index contributed by atoms with van der Waals surface area (Å²) in [4.78, 5) is 11.8. The number of rotatable bonds is 6. The minimum absolute atomic E-state index is 0.281. The van der Waals surface area contributed by atoms with Gasteiger partial charge in [-0.25, -0.2) is 9.97 Å². The Morgan fingerprint density at radius 1 is 0.574 bits per heavy atom. The summed E-state index contributed by atoms with van der Waals surface area (Å²) in [5, 5.41) is 2.57. The van der Waals surface area contributed by atoms with Crippen LogP contribution in [0, 0.1) is 0 Å². The van der Waals surface area contributed by atoms with E-state index >= 15 is 0 Å². The van der Waals surface area contributed by atoms with E-state index in [0.717, 1.165) is 56.8 Å². The number of anilines is 2. The molecule has 0 N–H and O–H groups in total. The van der Waals surface area contributed by atoms with E-state index in [0.29, 0.717) is 11.8 Å². The van der Waals surface area contributed by atoms with Crippen LogP contribution in [0.1, 0.15) is 17.9 Å². The lowest BCUT2D eigenvalue weighted by molar-refractivity contribution is 0.619. The zero-order valence-electron chi connectivity index (χ0n) is 25.5. The monoisotopic (exact) mass is 607 g/mol. The third-order valence-electron chi connectivity index (χ3n) is 8.85. The summed E-state index contributed by atoms with van der Waals surface area (Å²) in [7, 11) is 0. The summed E-state index contributed by atoms with van der Waals surface area (Å²) in [5.74, 6) is 1.47. The molecule has 0 radical (unpaired) electrons. The summed E-state index contributed by atoms with van der Waals surface area (Å²) in [6.07, 6.45) is 7.80. The van der Waals surface area contributed by atoms with Crippen LogP contribution in [-0.2, 0) is 0 Å². The molecule has 6 aromatic carbocycles. The van der Waals surface area contributed by atoms with E-state index in [2.05, 4.69) is 102 Å². The van der Waals surface area contributed by atoms with Crippen LogP contribution in [0.5, 0.6) is 0 Å². The second-order valence-electron chi connectivity index (χ2n) is 11.8. The predicted octanol–water partition coefficient (Wildman–Crippen LogP) is 11.2. The van der Waals surface area contributed by atoms with E-state index in [1.807, 2.05) is 60.7 Å². The summed E-state index contributed by atoms with van der Waals surface area (Å²) < 4.78 is 12.3. The van der Waals surface area contributed by atoms with E-state index < -0.39 is 0 Å². The molecule has 0 fully saturated rings. The Balaban J connectivity index is 1.13. The molecule has 0 saturated carbocycles. The first-order valence-electron chi connectivity index (χ1n) is 15.8. The number of oxazole rings is 2. The normalized spacial score (nSPS) is 14.6. The van der Waals surface area contributed by atoms with Crippen LogP contribution in [0.25, 0.3) is 55.9 Å². The van der Waals surface area contributed by atoms with E-state index in [-0.39, 0.29) is 5.92 Å². The first-order chi connectivity index (χ1) is 23.3. The predicted molar refractivity (Wildman–Crippen MR) is 190 cm³/mol. The van der Waals surface area contributed by atoms with E-state index in [1.165, 1.54) is 16.3 Å². The van der Waals surface area contributed by atoms with Gasteiger partial charge in [-0.2, -0.15) is 0 Å². The van der Waals surface area contributed by atoms with E-state index in [1.54, 1.807) is 0 Å². The van der Waals surface area contributed by atoms with Crippen LogP contribution < -0.4 is 4.90 Å². The minimum atomic E-state index is 0.281. The van der Waals surface area contributed by atoms with Crippen LogP contribution >= 0.6 is 0 Å². The molecule has 1 aliphatic rings. The molecule has 0 bridgehead atoms. The van der Waals surface area contributed by atoms with Crippen molar-refractivity contribution in [3.63, 3.8) is 0 Å². The molecule has 5 nitrogen and oxygen atoms in total. The summed E-state index contributed by atoms with van der Waals surface area (Å²) in [6.45, 7) is 0. The Kier molecular flexibility index (Phi) is 6.53. The molecule has 0 amide bonds. The van der Waals surface area contributed by atoms with Gasteiger partial charge in [0.15, 0.2) is 11.2 Å². The van der Waals surface area contributed by atoms with Crippen molar-refractivity contribution in [3.8, 4) is 22.9 Å². The Hall–Kier alpha value is -6.20. The number of allylic oxidation sites excluding steroid dienone is 3. The van der Waals surface area contributed by atoms with Gasteiger partial charge in [-0.3, -0.25) is 0 Å². The van der Waals surface area contributed by atoms with Crippen molar-refractivity contribution in [2.24, 2.45) is 0 Å². The Morgan fingerprint density at radius 3 is 1.77 bits per heavy atom. The van der Waals surface area contributed by atoms with Gasteiger partial charge in [0.2, 0.25) is 11.8 Å². The number of hydrogen-bond acceptors (Lipinski definition) is 5. The van der Waals surface area contributed by atoms with E-state index in [4.69, 9.17) is 18.8 Å². The molecule has 5 heteroatoms. The molecule has 2 heterocycles. The van der Waals surface area contributed by atoms with Crippen molar-refractivity contribution in [2.75, 3.05) is 4.90 Å². The first kappa shape index (κ1) is 27.1. The number of nitrogens with zero attached hydrogens (tertiary/aromatic N) is 3. The van der Waals surface area contributed by atoms with Gasteiger partial charge >= 0.3 is 0 Å². The maximum absolute atomic E-state index is 6.17. The van der Waals surface area contributed by atoms with Crippen molar-refractivity contribution in [3.05, 3.63) is 169 Å². The summed E-state index contributed by atoms with van der Waals surface area (Å²) in [6, 6.07) is 47.7. The number of para-hydroxylation sites is 4. The molecule has 47 heavy (non-hydrogen) atoms. The van der Waals surface area contributed by atoms with Gasteiger partial charge in [-0.05, 0) is 89.5 Å². The average molecular weight is 608 g/mol. The van der Waals surface area contributed by atoms with Gasteiger partial charge in [0, 0.05) is 34.1 Å². The molecular formula is C42H29N3O2. The maximum atomic E-state index is 6.17. The second-order valence-corrected chi connectivity index (χ2v) is 11.8. The zero-order chi connectivity index (χ0) is 31.2. The molecule has 0 saturated heterocycles. The number of benzene rings is 6. The van der Waals surface area contributed by atoms with Crippen LogP contribution in [0.15, 0.2) is 172 Å². The van der Waals surface area contributed by atoms with Crippen molar-refractivity contribution >= 4 is 44.3 Å². The lowest BCUT2D eigenvalue weighted by Crippen LogP contribution is -2.17. The molecule has 0 aliphatic heterocycles. The van der Waals surface area contributed by atoms with Gasteiger partial charge in [0.25, 0.3) is 0 Å². The highest BCUT2D eigenvalue weighted by Crippen LogP contribution is 2.39. The first-order valence-corrected chi connectivity index (χ1v) is 15.8. The van der Waals surface area contributed by atoms with Crippen LogP contribution in [0.2, 0.25) is 0 Å². The van der Waals surface area contributed by atoms with Crippen LogP contribution in [-0.4, -0.2) is 9.97 Å². The highest BCUT2D eigenvalue weighted by molar-refractivity contribution is 5.87. The van der Waals surface area contributed by atoms with Crippen molar-refractivity contribution in [2.45, 2.75) is 12.3 Å². The fourth-order valence-electron chi connectivity index (χ4n) is 6.57. The largest absolute Gasteiger partial charge is 0.436 e. The molecule has 1 aliphatic carbocycles. The van der Waals surface area contributed by atoms with Crippen molar-refractivity contribution < 1.29 is 8.83 Å². The van der Waals surface area contributed by atoms with E-state index in [9.17, 15) is 0 Å². The molecule has 0 spiro atoms. The van der Waals surface area contributed by atoms with Gasteiger partial charge in [0.1, 0.15) is 11.0 Å². The fraction of sp³-hybridized carbons (Fsp3) is 0.0476. The standard InChI is InChI=1S/C42H29N3O2/c1-2-16-35-28(10-1)11-9-17-36(35)29-22-24-32(25-23-29)45(33-14-7-12-30(26-33)41-43-37-18-3-5-20-39(37)46-41)34-15-8-13-31(27-34)42-44-38-19-4-6-21-40(38)47-42/h1-22,24-27,29H,23H2. The van der Waals surface area contributed by atoms with Crippen molar-refractivity contribution in [1.82, 2.24) is 9.97 Å². The van der Waals surface area contributed by atoms with Gasteiger partial charge in [-0.15, -0.1) is 0 Å². The number of hydrogen-bond donors (Lipinski definition) is 0.